The molecule has 1 N–H and O–H groups in total. The molecule has 0 amide bonds. The van der Waals surface area contributed by atoms with Crippen LogP contribution in [0.25, 0.3) is 0 Å². The summed E-state index contributed by atoms with van der Waals surface area (Å²) in [6, 6.07) is 3.11. The van der Waals surface area contributed by atoms with Gasteiger partial charge in [-0.25, -0.2) is 4.79 Å². The fourth-order valence-corrected chi connectivity index (χ4v) is 1.76. The third-order valence-electron chi connectivity index (χ3n) is 1.70. The lowest BCUT2D eigenvalue weighted by Gasteiger charge is -2.08. The number of carboxylic acids is 1. The van der Waals surface area contributed by atoms with Crippen LogP contribution in [0.5, 0.6) is 11.5 Å². The molecule has 0 aromatic heterocycles. The van der Waals surface area contributed by atoms with Gasteiger partial charge in [0.25, 0.3) is 0 Å². The first-order valence-electron chi connectivity index (χ1n) is 3.75. The van der Waals surface area contributed by atoms with Gasteiger partial charge in [-0.05, 0) is 28.7 Å². The van der Waals surface area contributed by atoms with Crippen molar-refractivity contribution in [3.05, 3.63) is 21.3 Å². The zero-order valence-corrected chi connectivity index (χ0v) is 9.86. The molecule has 0 aliphatic carbocycles. The lowest BCUT2D eigenvalue weighted by atomic mass is 10.2. The monoisotopic (exact) mass is 308 g/mol. The smallest absolute Gasteiger partial charge is 0.337 e. The number of carbonyl (C=O) groups is 1. The number of halogens is 1. The highest BCUT2D eigenvalue weighted by Crippen LogP contribution is 2.29. The average molecular weight is 308 g/mol. The number of hydrogen-bond donors (Lipinski definition) is 1. The van der Waals surface area contributed by atoms with Gasteiger partial charge in [0.05, 0.1) is 23.4 Å². The van der Waals surface area contributed by atoms with E-state index in [1.54, 1.807) is 6.07 Å². The molecule has 0 heterocycles. The summed E-state index contributed by atoms with van der Waals surface area (Å²) in [7, 11) is 2.97. The van der Waals surface area contributed by atoms with E-state index in [1.165, 1.54) is 20.3 Å². The number of rotatable bonds is 3. The number of carboxylic acid groups (broad SMARTS) is 1. The van der Waals surface area contributed by atoms with Gasteiger partial charge in [0, 0.05) is 6.07 Å². The van der Waals surface area contributed by atoms with E-state index >= 15 is 0 Å². The second-order valence-electron chi connectivity index (χ2n) is 2.50. The fraction of sp³-hybridized carbons (Fsp3) is 0.222. The van der Waals surface area contributed by atoms with Crippen LogP contribution in [0.1, 0.15) is 10.4 Å². The van der Waals surface area contributed by atoms with Crippen molar-refractivity contribution in [2.45, 2.75) is 0 Å². The molecule has 0 aliphatic heterocycles. The Bertz CT molecular complexity index is 362. The van der Waals surface area contributed by atoms with Crippen LogP contribution in [0.4, 0.5) is 0 Å². The van der Waals surface area contributed by atoms with Gasteiger partial charge < -0.3 is 14.6 Å². The maximum absolute atomic E-state index is 10.8. The largest absolute Gasteiger partial charge is 0.497 e. The minimum absolute atomic E-state index is 0.182. The first-order chi connectivity index (χ1) is 6.60. The topological polar surface area (TPSA) is 55.8 Å². The quantitative estimate of drug-likeness (QED) is 0.868. The van der Waals surface area contributed by atoms with Crippen molar-refractivity contribution >= 4 is 28.6 Å². The number of methoxy groups -OCH3 is 2. The summed E-state index contributed by atoms with van der Waals surface area (Å²) in [5, 5.41) is 8.89. The molecule has 0 radical (unpaired) electrons. The molecular formula is C9H9IO4. The molecule has 1 rings (SSSR count). The highest BCUT2D eigenvalue weighted by Gasteiger charge is 2.14. The first kappa shape index (κ1) is 11.1. The van der Waals surface area contributed by atoms with Gasteiger partial charge in [0.2, 0.25) is 0 Å². The summed E-state index contributed by atoms with van der Waals surface area (Å²) < 4.78 is 10.6. The third-order valence-corrected chi connectivity index (χ3v) is 2.81. The van der Waals surface area contributed by atoms with E-state index in [-0.39, 0.29) is 5.56 Å². The minimum atomic E-state index is -0.994. The van der Waals surface area contributed by atoms with Gasteiger partial charge in [-0.1, -0.05) is 0 Å². The molecule has 14 heavy (non-hydrogen) atoms. The van der Waals surface area contributed by atoms with E-state index < -0.39 is 5.97 Å². The van der Waals surface area contributed by atoms with Crippen molar-refractivity contribution in [1.29, 1.82) is 0 Å². The van der Waals surface area contributed by atoms with Crippen LogP contribution in [0.3, 0.4) is 0 Å². The number of ether oxygens (including phenoxy) is 2. The summed E-state index contributed by atoms with van der Waals surface area (Å²) in [6.07, 6.45) is 0. The molecule has 0 unspecified atom stereocenters. The van der Waals surface area contributed by atoms with Gasteiger partial charge in [-0.15, -0.1) is 0 Å². The zero-order valence-electron chi connectivity index (χ0n) is 7.70. The van der Waals surface area contributed by atoms with Crippen LogP contribution >= 0.6 is 22.6 Å². The molecule has 76 valence electrons. The van der Waals surface area contributed by atoms with Gasteiger partial charge in [0.1, 0.15) is 11.5 Å². The summed E-state index contributed by atoms with van der Waals surface area (Å²) in [6.45, 7) is 0. The molecule has 1 aromatic rings. The van der Waals surface area contributed by atoms with Crippen molar-refractivity contribution < 1.29 is 19.4 Å². The van der Waals surface area contributed by atoms with Crippen LogP contribution in [0.2, 0.25) is 0 Å². The lowest BCUT2D eigenvalue weighted by molar-refractivity contribution is 0.0695. The van der Waals surface area contributed by atoms with Crippen LogP contribution in [0.15, 0.2) is 12.1 Å². The van der Waals surface area contributed by atoms with Crippen LogP contribution < -0.4 is 9.47 Å². The Kier molecular flexibility index (Phi) is 3.56. The summed E-state index contributed by atoms with van der Waals surface area (Å²) in [5.41, 5.74) is 0.182. The van der Waals surface area contributed by atoms with Gasteiger partial charge in [-0.2, -0.15) is 0 Å². The predicted octanol–water partition coefficient (Wildman–Crippen LogP) is 2.01. The summed E-state index contributed by atoms with van der Waals surface area (Å²) in [4.78, 5) is 10.8. The third kappa shape index (κ3) is 2.09. The number of benzene rings is 1. The highest BCUT2D eigenvalue weighted by molar-refractivity contribution is 14.1. The highest BCUT2D eigenvalue weighted by atomic mass is 127. The Morgan fingerprint density at radius 3 is 2.43 bits per heavy atom. The van der Waals surface area contributed by atoms with Crippen molar-refractivity contribution in [3.63, 3.8) is 0 Å². The Hall–Kier alpha value is -0.980. The van der Waals surface area contributed by atoms with E-state index in [0.717, 1.165) is 0 Å². The number of hydrogen-bond acceptors (Lipinski definition) is 3. The molecule has 1 aromatic carbocycles. The van der Waals surface area contributed by atoms with E-state index in [0.29, 0.717) is 15.1 Å². The fourth-order valence-electron chi connectivity index (χ4n) is 0.995. The molecule has 0 saturated carbocycles. The SMILES string of the molecule is COc1cc(OC)c(I)c(C(=O)O)c1. The Morgan fingerprint density at radius 2 is 2.00 bits per heavy atom. The molecule has 5 heteroatoms. The molecule has 0 fully saturated rings. The standard InChI is InChI=1S/C9H9IO4/c1-13-5-3-6(9(11)12)8(10)7(4-5)14-2/h3-4H,1-2H3,(H,11,12). The maximum Gasteiger partial charge on any atom is 0.337 e. The van der Waals surface area contributed by atoms with Crippen LogP contribution in [0, 0.1) is 3.57 Å². The molecule has 0 bridgehead atoms. The Morgan fingerprint density at radius 1 is 1.36 bits per heavy atom. The van der Waals surface area contributed by atoms with Crippen molar-refractivity contribution in [1.82, 2.24) is 0 Å². The Labute approximate surface area is 95.0 Å². The number of aromatic carboxylic acids is 1. The molecule has 0 atom stereocenters. The predicted molar refractivity (Wildman–Crippen MR) is 59.2 cm³/mol. The van der Waals surface area contributed by atoms with Crippen molar-refractivity contribution in [2.24, 2.45) is 0 Å². The van der Waals surface area contributed by atoms with Gasteiger partial charge in [-0.3, -0.25) is 0 Å². The van der Waals surface area contributed by atoms with E-state index in [9.17, 15) is 4.79 Å². The van der Waals surface area contributed by atoms with Crippen LogP contribution in [-0.4, -0.2) is 25.3 Å². The molecule has 0 aliphatic rings. The average Bonchev–Trinajstić information content (AvgIpc) is 2.17. The second kappa shape index (κ2) is 4.50. The van der Waals surface area contributed by atoms with Gasteiger partial charge >= 0.3 is 5.97 Å². The summed E-state index contributed by atoms with van der Waals surface area (Å²) in [5.74, 6) is -0.0198. The van der Waals surface area contributed by atoms with Crippen LogP contribution in [-0.2, 0) is 0 Å². The molecular weight excluding hydrogens is 299 g/mol. The lowest BCUT2D eigenvalue weighted by Crippen LogP contribution is -2.02. The van der Waals surface area contributed by atoms with Gasteiger partial charge in [0.15, 0.2) is 0 Å². The Balaban J connectivity index is 3.34. The zero-order chi connectivity index (χ0) is 10.7. The minimum Gasteiger partial charge on any atom is -0.497 e. The first-order valence-corrected chi connectivity index (χ1v) is 4.82. The maximum atomic E-state index is 10.8. The summed E-state index contributed by atoms with van der Waals surface area (Å²) >= 11 is 1.93. The second-order valence-corrected chi connectivity index (χ2v) is 3.58. The molecule has 4 nitrogen and oxygen atoms in total. The van der Waals surface area contributed by atoms with Crippen molar-refractivity contribution in [2.75, 3.05) is 14.2 Å². The molecule has 0 saturated heterocycles. The van der Waals surface area contributed by atoms with E-state index in [4.69, 9.17) is 14.6 Å². The van der Waals surface area contributed by atoms with Crippen molar-refractivity contribution in [3.8, 4) is 11.5 Å². The van der Waals surface area contributed by atoms with E-state index in [1.807, 2.05) is 22.6 Å². The van der Waals surface area contributed by atoms with E-state index in [2.05, 4.69) is 0 Å². The normalized spacial score (nSPS) is 9.64. The molecule has 0 spiro atoms.